The first-order valence-electron chi connectivity index (χ1n) is 7.57. The van der Waals surface area contributed by atoms with Gasteiger partial charge in [0.1, 0.15) is 5.75 Å². The van der Waals surface area contributed by atoms with E-state index in [1.807, 2.05) is 31.9 Å². The van der Waals surface area contributed by atoms with E-state index < -0.39 is 0 Å². The number of rotatable bonds is 8. The SMILES string of the molecule is CCN(CC)C(=O)CN(C)Cc1cc(C(C)=O)ccc1OC. The fourth-order valence-corrected chi connectivity index (χ4v) is 2.38. The number of ketones is 1. The Bertz CT molecular complexity index is 525. The van der Waals surface area contributed by atoms with Gasteiger partial charge in [-0.15, -0.1) is 0 Å². The molecule has 0 N–H and O–H groups in total. The Balaban J connectivity index is 2.82. The molecule has 0 atom stereocenters. The Morgan fingerprint density at radius 2 is 1.82 bits per heavy atom. The maximum atomic E-state index is 12.1. The zero-order valence-corrected chi connectivity index (χ0v) is 14.2. The van der Waals surface area contributed by atoms with Crippen molar-refractivity contribution in [3.05, 3.63) is 29.3 Å². The lowest BCUT2D eigenvalue weighted by atomic mass is 10.1. The molecular formula is C17H26N2O3. The van der Waals surface area contributed by atoms with E-state index in [9.17, 15) is 9.59 Å². The maximum absolute atomic E-state index is 12.1. The molecule has 22 heavy (non-hydrogen) atoms. The molecule has 0 radical (unpaired) electrons. The summed E-state index contributed by atoms with van der Waals surface area (Å²) in [6, 6.07) is 5.39. The van der Waals surface area contributed by atoms with Crippen molar-refractivity contribution in [2.45, 2.75) is 27.3 Å². The van der Waals surface area contributed by atoms with Gasteiger partial charge in [-0.1, -0.05) is 0 Å². The quantitative estimate of drug-likeness (QED) is 0.691. The maximum Gasteiger partial charge on any atom is 0.236 e. The number of Topliss-reactive ketones (excluding diaryl/α,β-unsaturated/α-hetero) is 1. The Morgan fingerprint density at radius 1 is 1.18 bits per heavy atom. The molecule has 1 aromatic rings. The lowest BCUT2D eigenvalue weighted by molar-refractivity contribution is -0.131. The number of carbonyl (C=O) groups excluding carboxylic acids is 2. The van der Waals surface area contributed by atoms with E-state index in [2.05, 4.69) is 0 Å². The minimum atomic E-state index is 0.0192. The number of ether oxygens (including phenoxy) is 1. The van der Waals surface area contributed by atoms with Crippen molar-refractivity contribution in [2.24, 2.45) is 0 Å². The van der Waals surface area contributed by atoms with Crippen molar-refractivity contribution in [2.75, 3.05) is 33.8 Å². The van der Waals surface area contributed by atoms with Gasteiger partial charge in [-0.3, -0.25) is 14.5 Å². The van der Waals surface area contributed by atoms with Gasteiger partial charge in [0, 0.05) is 30.8 Å². The first-order chi connectivity index (χ1) is 10.4. The van der Waals surface area contributed by atoms with Crippen LogP contribution >= 0.6 is 0 Å². The highest BCUT2D eigenvalue weighted by Crippen LogP contribution is 2.21. The van der Waals surface area contributed by atoms with Gasteiger partial charge in [0.15, 0.2) is 5.78 Å². The van der Waals surface area contributed by atoms with E-state index >= 15 is 0 Å². The summed E-state index contributed by atoms with van der Waals surface area (Å²) in [7, 11) is 3.49. The van der Waals surface area contributed by atoms with Crippen molar-refractivity contribution in [3.8, 4) is 5.75 Å². The van der Waals surface area contributed by atoms with Crippen molar-refractivity contribution >= 4 is 11.7 Å². The van der Waals surface area contributed by atoms with Gasteiger partial charge < -0.3 is 9.64 Å². The van der Waals surface area contributed by atoms with Gasteiger partial charge in [0.2, 0.25) is 5.91 Å². The van der Waals surface area contributed by atoms with Crippen LogP contribution in [0.25, 0.3) is 0 Å². The highest BCUT2D eigenvalue weighted by molar-refractivity contribution is 5.94. The average molecular weight is 306 g/mol. The molecule has 0 aliphatic rings. The Morgan fingerprint density at radius 3 is 2.32 bits per heavy atom. The number of nitrogens with zero attached hydrogens (tertiary/aromatic N) is 2. The first kappa shape index (κ1) is 18.2. The molecule has 0 unspecified atom stereocenters. The van der Waals surface area contributed by atoms with Crippen LogP contribution in [-0.4, -0.2) is 55.3 Å². The Kier molecular flexibility index (Phi) is 7.05. The molecule has 1 rings (SSSR count). The smallest absolute Gasteiger partial charge is 0.236 e. The second-order valence-electron chi connectivity index (χ2n) is 5.32. The van der Waals surface area contributed by atoms with Crippen LogP contribution in [0.15, 0.2) is 18.2 Å². The number of hydrogen-bond acceptors (Lipinski definition) is 4. The summed E-state index contributed by atoms with van der Waals surface area (Å²) < 4.78 is 5.34. The lowest BCUT2D eigenvalue weighted by Crippen LogP contribution is -2.38. The molecule has 0 bridgehead atoms. The van der Waals surface area contributed by atoms with E-state index in [1.54, 1.807) is 31.1 Å². The van der Waals surface area contributed by atoms with Crippen LogP contribution < -0.4 is 4.74 Å². The molecule has 1 aromatic carbocycles. The summed E-state index contributed by atoms with van der Waals surface area (Å²) in [6.07, 6.45) is 0. The van der Waals surface area contributed by atoms with Gasteiger partial charge in [0.05, 0.1) is 13.7 Å². The molecule has 5 nitrogen and oxygen atoms in total. The molecule has 0 aliphatic heterocycles. The number of amides is 1. The van der Waals surface area contributed by atoms with Gasteiger partial charge in [-0.2, -0.15) is 0 Å². The lowest BCUT2D eigenvalue weighted by Gasteiger charge is -2.23. The topological polar surface area (TPSA) is 49.9 Å². The van der Waals surface area contributed by atoms with E-state index in [0.29, 0.717) is 31.7 Å². The van der Waals surface area contributed by atoms with E-state index in [-0.39, 0.29) is 11.7 Å². The minimum absolute atomic E-state index is 0.0192. The molecule has 5 heteroatoms. The minimum Gasteiger partial charge on any atom is -0.496 e. The Hall–Kier alpha value is -1.88. The normalized spacial score (nSPS) is 10.6. The summed E-state index contributed by atoms with van der Waals surface area (Å²) in [5.74, 6) is 0.854. The van der Waals surface area contributed by atoms with E-state index in [0.717, 1.165) is 11.3 Å². The van der Waals surface area contributed by atoms with Crippen LogP contribution in [0.1, 0.15) is 36.7 Å². The third kappa shape index (κ3) is 4.84. The predicted octanol–water partition coefficient (Wildman–Crippen LogP) is 2.20. The molecule has 0 heterocycles. The van der Waals surface area contributed by atoms with Gasteiger partial charge >= 0.3 is 0 Å². The average Bonchev–Trinajstić information content (AvgIpc) is 2.48. The number of methoxy groups -OCH3 is 1. The van der Waals surface area contributed by atoms with Crippen LogP contribution in [0.5, 0.6) is 5.75 Å². The fraction of sp³-hybridized carbons (Fsp3) is 0.529. The van der Waals surface area contributed by atoms with Crippen molar-refractivity contribution in [1.29, 1.82) is 0 Å². The molecular weight excluding hydrogens is 280 g/mol. The molecule has 0 spiro atoms. The zero-order chi connectivity index (χ0) is 16.7. The second kappa shape index (κ2) is 8.54. The monoisotopic (exact) mass is 306 g/mol. The van der Waals surface area contributed by atoms with Crippen LogP contribution in [0, 0.1) is 0 Å². The molecule has 0 aromatic heterocycles. The van der Waals surface area contributed by atoms with Crippen LogP contribution in [0.2, 0.25) is 0 Å². The highest BCUT2D eigenvalue weighted by Gasteiger charge is 2.15. The van der Waals surface area contributed by atoms with Crippen molar-refractivity contribution < 1.29 is 14.3 Å². The van der Waals surface area contributed by atoms with Gasteiger partial charge in [-0.05, 0) is 46.0 Å². The van der Waals surface area contributed by atoms with Gasteiger partial charge in [0.25, 0.3) is 0 Å². The first-order valence-corrected chi connectivity index (χ1v) is 7.57. The predicted molar refractivity (Wildman–Crippen MR) is 87.3 cm³/mol. The summed E-state index contributed by atoms with van der Waals surface area (Å²) in [5, 5.41) is 0. The summed E-state index contributed by atoms with van der Waals surface area (Å²) in [6.45, 7) is 7.81. The molecule has 0 saturated carbocycles. The van der Waals surface area contributed by atoms with E-state index in [4.69, 9.17) is 4.74 Å². The number of likely N-dealkylation sites (N-methyl/N-ethyl adjacent to an activating group) is 2. The standard InChI is InChI=1S/C17H26N2O3/c1-6-19(7-2)17(21)12-18(4)11-15-10-14(13(3)20)8-9-16(15)22-5/h8-10H,6-7,11-12H2,1-5H3. The molecule has 122 valence electrons. The largest absolute Gasteiger partial charge is 0.496 e. The van der Waals surface area contributed by atoms with Crippen LogP contribution in [-0.2, 0) is 11.3 Å². The van der Waals surface area contributed by atoms with Crippen LogP contribution in [0.4, 0.5) is 0 Å². The van der Waals surface area contributed by atoms with Crippen LogP contribution in [0.3, 0.4) is 0 Å². The number of benzene rings is 1. The molecule has 1 amide bonds. The fourth-order valence-electron chi connectivity index (χ4n) is 2.38. The molecule has 0 aliphatic carbocycles. The summed E-state index contributed by atoms with van der Waals surface area (Å²) >= 11 is 0. The Labute approximate surface area is 132 Å². The van der Waals surface area contributed by atoms with E-state index in [1.165, 1.54) is 0 Å². The zero-order valence-electron chi connectivity index (χ0n) is 14.2. The number of hydrogen-bond donors (Lipinski definition) is 0. The second-order valence-corrected chi connectivity index (χ2v) is 5.32. The third-order valence-corrected chi connectivity index (χ3v) is 3.65. The molecule has 0 fully saturated rings. The van der Waals surface area contributed by atoms with Gasteiger partial charge in [-0.25, -0.2) is 0 Å². The number of carbonyl (C=O) groups is 2. The highest BCUT2D eigenvalue weighted by atomic mass is 16.5. The van der Waals surface area contributed by atoms with Crippen molar-refractivity contribution in [3.63, 3.8) is 0 Å². The molecule has 0 saturated heterocycles. The third-order valence-electron chi connectivity index (χ3n) is 3.65. The summed E-state index contributed by atoms with van der Waals surface area (Å²) in [4.78, 5) is 27.4. The summed E-state index contributed by atoms with van der Waals surface area (Å²) in [5.41, 5.74) is 1.56. The van der Waals surface area contributed by atoms with Crippen molar-refractivity contribution in [1.82, 2.24) is 9.80 Å².